The molecule has 2 nitrogen and oxygen atoms in total. The summed E-state index contributed by atoms with van der Waals surface area (Å²) in [5.41, 5.74) is 0. The molecule has 0 unspecified atom stereocenters. The van der Waals surface area contributed by atoms with E-state index in [0.29, 0.717) is 6.42 Å². The number of esters is 1. The van der Waals surface area contributed by atoms with Crippen molar-refractivity contribution in [3.63, 3.8) is 0 Å². The number of carbonyl (C=O) groups excluding carboxylic acids is 1. The van der Waals surface area contributed by atoms with Gasteiger partial charge in [0.2, 0.25) is 0 Å². The van der Waals surface area contributed by atoms with E-state index in [1.165, 1.54) is 89.9 Å². The van der Waals surface area contributed by atoms with Crippen LogP contribution in [0, 0.1) is 0 Å². The molecule has 0 N–H and O–H groups in total. The molecule has 0 radical (unpaired) electrons. The first-order valence-corrected chi connectivity index (χ1v) is 13.1. The first-order valence-electron chi connectivity index (χ1n) is 12.0. The Morgan fingerprint density at radius 3 is 1.56 bits per heavy atom. The normalized spacial score (nSPS) is 11.3. The van der Waals surface area contributed by atoms with Gasteiger partial charge in [-0.1, -0.05) is 107 Å². The molecule has 0 aliphatic heterocycles. The molecule has 162 valence electrons. The third-order valence-electron chi connectivity index (χ3n) is 5.32. The first kappa shape index (κ1) is 27.0. The Morgan fingerprint density at radius 1 is 0.667 bits per heavy atom. The van der Waals surface area contributed by atoms with Crippen molar-refractivity contribution in [2.24, 2.45) is 0 Å². The Kier molecular flexibility index (Phi) is 22.2. The van der Waals surface area contributed by atoms with E-state index in [9.17, 15) is 4.79 Å². The average molecular weight is 448 g/mol. The van der Waals surface area contributed by atoms with Gasteiger partial charge in [-0.25, -0.2) is 0 Å². The maximum atomic E-state index is 12.1. The predicted octanol–water partition coefficient (Wildman–Crippen LogP) is 8.74. The molecule has 0 aromatic rings. The zero-order valence-corrected chi connectivity index (χ0v) is 20.0. The summed E-state index contributed by atoms with van der Waals surface area (Å²) in [4.78, 5) is 12.1. The van der Waals surface area contributed by atoms with Crippen LogP contribution in [0.15, 0.2) is 0 Å². The fourth-order valence-corrected chi connectivity index (χ4v) is 3.93. The fourth-order valence-electron chi connectivity index (χ4n) is 3.53. The van der Waals surface area contributed by atoms with Gasteiger partial charge in [-0.3, -0.25) is 4.79 Å². The molecule has 0 spiro atoms. The summed E-state index contributed by atoms with van der Waals surface area (Å²) < 4.78 is 5.83. The van der Waals surface area contributed by atoms with Crippen molar-refractivity contribution in [3.05, 3.63) is 0 Å². The minimum atomic E-state index is 0.0202. The van der Waals surface area contributed by atoms with Crippen LogP contribution in [-0.4, -0.2) is 17.4 Å². The van der Waals surface area contributed by atoms with Gasteiger partial charge in [-0.15, -0.1) is 0 Å². The molecule has 0 amide bonds. The fraction of sp³-hybridized carbons (Fsp3) is 0.958. The third-order valence-corrected chi connectivity index (χ3v) is 5.88. The van der Waals surface area contributed by atoms with Crippen LogP contribution in [0.3, 0.4) is 0 Å². The number of hydrogen-bond acceptors (Lipinski definition) is 2. The number of carbonyl (C=O) groups is 1. The van der Waals surface area contributed by atoms with Crippen LogP contribution in [0.5, 0.6) is 0 Å². The largest absolute Gasteiger partial charge is 0.462 e. The molecule has 0 saturated heterocycles. The molecule has 0 heterocycles. The molecule has 3 heteroatoms. The maximum Gasteiger partial charge on any atom is 0.306 e. The zero-order chi connectivity index (χ0) is 20.0. The number of hydrogen-bond donors (Lipinski definition) is 0. The van der Waals surface area contributed by atoms with Gasteiger partial charge in [0.25, 0.3) is 0 Å². The van der Waals surface area contributed by atoms with Gasteiger partial charge in [-0.2, -0.15) is 0 Å². The molecule has 0 saturated carbocycles. The van der Waals surface area contributed by atoms with E-state index in [0.717, 1.165) is 31.0 Å². The van der Waals surface area contributed by atoms with Crippen LogP contribution in [-0.2, 0) is 9.53 Å². The second-order valence-electron chi connectivity index (χ2n) is 8.08. The minimum Gasteiger partial charge on any atom is -0.462 e. The molecule has 0 aliphatic carbocycles. The topological polar surface area (TPSA) is 26.3 Å². The predicted molar refractivity (Wildman–Crippen MR) is 123 cm³/mol. The standard InChI is InChI=1S/C24H47BrO2/c1-3-5-7-9-11-13-15-19-23(27-24(26)21-17-18-22-25)20-16-14-12-10-8-6-4-2/h23H,3-22H2,1-2H3. The van der Waals surface area contributed by atoms with E-state index in [1.807, 2.05) is 0 Å². The van der Waals surface area contributed by atoms with Gasteiger partial charge >= 0.3 is 5.97 Å². The molecule has 0 atom stereocenters. The van der Waals surface area contributed by atoms with E-state index < -0.39 is 0 Å². The van der Waals surface area contributed by atoms with Crippen molar-refractivity contribution in [3.8, 4) is 0 Å². The monoisotopic (exact) mass is 446 g/mol. The number of alkyl halides is 1. The molecule has 0 rings (SSSR count). The molecule has 27 heavy (non-hydrogen) atoms. The van der Waals surface area contributed by atoms with Crippen molar-refractivity contribution >= 4 is 21.9 Å². The van der Waals surface area contributed by atoms with Crippen LogP contribution in [0.2, 0.25) is 0 Å². The van der Waals surface area contributed by atoms with Crippen molar-refractivity contribution in [2.75, 3.05) is 5.33 Å². The van der Waals surface area contributed by atoms with E-state index >= 15 is 0 Å². The highest BCUT2D eigenvalue weighted by atomic mass is 79.9. The lowest BCUT2D eigenvalue weighted by atomic mass is 10.0. The third kappa shape index (κ3) is 20.5. The number of ether oxygens (including phenoxy) is 1. The summed E-state index contributed by atoms with van der Waals surface area (Å²) in [5.74, 6) is 0.0202. The lowest BCUT2D eigenvalue weighted by molar-refractivity contribution is -0.150. The summed E-state index contributed by atoms with van der Waals surface area (Å²) >= 11 is 3.43. The van der Waals surface area contributed by atoms with Crippen molar-refractivity contribution < 1.29 is 9.53 Å². The van der Waals surface area contributed by atoms with E-state index in [2.05, 4.69) is 29.8 Å². The van der Waals surface area contributed by atoms with Crippen LogP contribution in [0.25, 0.3) is 0 Å². The lowest BCUT2D eigenvalue weighted by Gasteiger charge is -2.18. The number of halogens is 1. The van der Waals surface area contributed by atoms with Crippen LogP contribution >= 0.6 is 15.9 Å². The van der Waals surface area contributed by atoms with Gasteiger partial charge < -0.3 is 4.74 Å². The summed E-state index contributed by atoms with van der Waals surface area (Å²) in [6, 6.07) is 0. The molecule has 0 fully saturated rings. The molecule has 0 aromatic heterocycles. The Morgan fingerprint density at radius 2 is 1.11 bits per heavy atom. The summed E-state index contributed by atoms with van der Waals surface area (Å²) in [6.45, 7) is 4.53. The lowest BCUT2D eigenvalue weighted by Crippen LogP contribution is -2.18. The number of rotatable bonds is 21. The summed E-state index contributed by atoms with van der Waals surface area (Å²) in [5, 5.41) is 0.972. The van der Waals surface area contributed by atoms with E-state index in [-0.39, 0.29) is 12.1 Å². The van der Waals surface area contributed by atoms with Crippen molar-refractivity contribution in [2.45, 2.75) is 142 Å². The second kappa shape index (κ2) is 22.2. The van der Waals surface area contributed by atoms with E-state index in [4.69, 9.17) is 4.74 Å². The van der Waals surface area contributed by atoms with Gasteiger partial charge in [-0.05, 0) is 38.5 Å². The maximum absolute atomic E-state index is 12.1. The average Bonchev–Trinajstić information content (AvgIpc) is 2.66. The molecule has 0 bridgehead atoms. The number of unbranched alkanes of at least 4 members (excludes halogenated alkanes) is 13. The van der Waals surface area contributed by atoms with Crippen molar-refractivity contribution in [1.82, 2.24) is 0 Å². The molecular formula is C24H47BrO2. The van der Waals surface area contributed by atoms with Crippen LogP contribution in [0.4, 0.5) is 0 Å². The van der Waals surface area contributed by atoms with E-state index in [1.54, 1.807) is 0 Å². The Labute approximate surface area is 178 Å². The summed E-state index contributed by atoms with van der Waals surface area (Å²) in [7, 11) is 0. The SMILES string of the molecule is CCCCCCCCCC(CCCCCCCCC)OC(=O)CCCCBr. The second-order valence-corrected chi connectivity index (χ2v) is 8.87. The molecule has 0 aromatic carbocycles. The highest BCUT2D eigenvalue weighted by molar-refractivity contribution is 9.09. The van der Waals surface area contributed by atoms with Crippen LogP contribution in [0.1, 0.15) is 136 Å². The van der Waals surface area contributed by atoms with Crippen molar-refractivity contribution in [1.29, 1.82) is 0 Å². The Hall–Kier alpha value is -0.0500. The molecular weight excluding hydrogens is 400 g/mol. The Balaban J connectivity index is 3.96. The zero-order valence-electron chi connectivity index (χ0n) is 18.4. The molecule has 0 aliphatic rings. The quantitative estimate of drug-likeness (QED) is 0.0999. The summed E-state index contributed by atoms with van der Waals surface area (Å²) in [6.07, 6.45) is 23.4. The Bertz CT molecular complexity index is 289. The highest BCUT2D eigenvalue weighted by Crippen LogP contribution is 2.18. The highest BCUT2D eigenvalue weighted by Gasteiger charge is 2.14. The van der Waals surface area contributed by atoms with Gasteiger partial charge in [0.1, 0.15) is 6.10 Å². The minimum absolute atomic E-state index is 0.0202. The van der Waals surface area contributed by atoms with Gasteiger partial charge in [0, 0.05) is 11.8 Å². The first-order chi connectivity index (χ1) is 13.2. The van der Waals surface area contributed by atoms with Crippen LogP contribution < -0.4 is 0 Å². The van der Waals surface area contributed by atoms with Gasteiger partial charge in [0.05, 0.1) is 0 Å². The van der Waals surface area contributed by atoms with Gasteiger partial charge in [0.15, 0.2) is 0 Å². The smallest absolute Gasteiger partial charge is 0.306 e.